The van der Waals surface area contributed by atoms with E-state index in [2.05, 4.69) is 9.97 Å². The molecule has 128 valence electrons. The van der Waals surface area contributed by atoms with Crippen molar-refractivity contribution in [3.8, 4) is 11.5 Å². The fourth-order valence-corrected chi connectivity index (χ4v) is 2.06. The Morgan fingerprint density at radius 3 is 2.21 bits per heavy atom. The second-order valence-electron chi connectivity index (χ2n) is 5.47. The molecule has 0 bridgehead atoms. The first-order chi connectivity index (χ1) is 11.4. The summed E-state index contributed by atoms with van der Waals surface area (Å²) in [5, 5.41) is 0. The summed E-state index contributed by atoms with van der Waals surface area (Å²) in [6.07, 6.45) is -0.724. The molecule has 0 saturated heterocycles. The van der Waals surface area contributed by atoms with E-state index in [0.717, 1.165) is 22.8 Å². The smallest absolute Gasteiger partial charge is 0.347 e. The predicted octanol–water partition coefficient (Wildman–Crippen LogP) is 2.92. The number of methoxy groups -OCH3 is 1. The van der Waals surface area contributed by atoms with Gasteiger partial charge in [-0.3, -0.25) is 9.97 Å². The van der Waals surface area contributed by atoms with Gasteiger partial charge in [-0.2, -0.15) is 0 Å². The first-order valence-electron chi connectivity index (χ1n) is 7.68. The minimum atomic E-state index is -0.724. The monoisotopic (exact) mass is 330 g/mol. The minimum absolute atomic E-state index is 0.0785. The summed E-state index contributed by atoms with van der Waals surface area (Å²) in [5.74, 6) is 0.842. The molecule has 2 rings (SSSR count). The highest BCUT2D eigenvalue weighted by molar-refractivity contribution is 5.74. The molecule has 6 heteroatoms. The first kappa shape index (κ1) is 17.7. The fourth-order valence-electron chi connectivity index (χ4n) is 2.06. The van der Waals surface area contributed by atoms with Crippen LogP contribution < -0.4 is 9.47 Å². The Labute approximate surface area is 141 Å². The molecule has 1 heterocycles. The Hall–Kier alpha value is -2.63. The number of aromatic nitrogens is 2. The van der Waals surface area contributed by atoms with Crippen molar-refractivity contribution in [2.45, 2.75) is 40.4 Å². The summed E-state index contributed by atoms with van der Waals surface area (Å²) in [4.78, 5) is 20.9. The van der Waals surface area contributed by atoms with Crippen molar-refractivity contribution in [2.75, 3.05) is 7.11 Å². The molecule has 0 aliphatic carbocycles. The van der Waals surface area contributed by atoms with Crippen LogP contribution in [0, 0.1) is 20.8 Å². The molecule has 1 aromatic carbocycles. The molecule has 0 aliphatic rings. The topological polar surface area (TPSA) is 70.5 Å². The van der Waals surface area contributed by atoms with Crippen LogP contribution >= 0.6 is 0 Å². The molecule has 0 amide bonds. The highest BCUT2D eigenvalue weighted by atomic mass is 16.6. The van der Waals surface area contributed by atoms with Gasteiger partial charge in [0.1, 0.15) is 18.1 Å². The molecule has 0 N–H and O–H groups in total. The van der Waals surface area contributed by atoms with Crippen LogP contribution in [0.15, 0.2) is 24.3 Å². The Bertz CT molecular complexity index is 714. The number of benzene rings is 1. The summed E-state index contributed by atoms with van der Waals surface area (Å²) >= 11 is 0. The number of nitrogens with zero attached hydrogens (tertiary/aromatic N) is 2. The van der Waals surface area contributed by atoms with E-state index in [9.17, 15) is 4.79 Å². The third kappa shape index (κ3) is 4.44. The van der Waals surface area contributed by atoms with E-state index in [-0.39, 0.29) is 6.61 Å². The van der Waals surface area contributed by atoms with Crippen molar-refractivity contribution in [1.82, 2.24) is 9.97 Å². The molecule has 0 saturated carbocycles. The molecular weight excluding hydrogens is 308 g/mol. The van der Waals surface area contributed by atoms with E-state index in [1.165, 1.54) is 0 Å². The Morgan fingerprint density at radius 1 is 1.00 bits per heavy atom. The first-order valence-corrected chi connectivity index (χ1v) is 7.68. The van der Waals surface area contributed by atoms with Gasteiger partial charge in [-0.05, 0) is 52.0 Å². The molecular formula is C18H22N2O4. The van der Waals surface area contributed by atoms with Gasteiger partial charge < -0.3 is 14.2 Å². The Kier molecular flexibility index (Phi) is 5.73. The summed E-state index contributed by atoms with van der Waals surface area (Å²) in [6, 6.07) is 7.01. The van der Waals surface area contributed by atoms with Crippen LogP contribution in [0.4, 0.5) is 0 Å². The SMILES string of the molecule is COc1ccc(OC(C)C(=O)OCc2nc(C)c(C)nc2C)cc1. The number of rotatable bonds is 6. The maximum atomic E-state index is 12.1. The lowest BCUT2D eigenvalue weighted by Crippen LogP contribution is -2.26. The highest BCUT2D eigenvalue weighted by Gasteiger charge is 2.17. The van der Waals surface area contributed by atoms with E-state index >= 15 is 0 Å². The zero-order valence-electron chi connectivity index (χ0n) is 14.6. The second-order valence-corrected chi connectivity index (χ2v) is 5.47. The van der Waals surface area contributed by atoms with Gasteiger partial charge >= 0.3 is 5.97 Å². The number of esters is 1. The molecule has 0 aliphatic heterocycles. The summed E-state index contributed by atoms with van der Waals surface area (Å²) in [5.41, 5.74) is 3.12. The van der Waals surface area contributed by atoms with Gasteiger partial charge in [0.25, 0.3) is 0 Å². The summed E-state index contributed by atoms with van der Waals surface area (Å²) in [6.45, 7) is 7.35. The quantitative estimate of drug-likeness (QED) is 0.759. The molecule has 0 fully saturated rings. The molecule has 1 unspecified atom stereocenters. The second kappa shape index (κ2) is 7.77. The van der Waals surface area contributed by atoms with Crippen LogP contribution in [0.25, 0.3) is 0 Å². The molecule has 6 nitrogen and oxygen atoms in total. The van der Waals surface area contributed by atoms with Gasteiger partial charge in [0.05, 0.1) is 29.9 Å². The van der Waals surface area contributed by atoms with Crippen molar-refractivity contribution in [2.24, 2.45) is 0 Å². The molecule has 0 spiro atoms. The van der Waals surface area contributed by atoms with Crippen LogP contribution in [-0.2, 0) is 16.1 Å². The van der Waals surface area contributed by atoms with Crippen LogP contribution in [-0.4, -0.2) is 29.2 Å². The van der Waals surface area contributed by atoms with Crippen molar-refractivity contribution in [1.29, 1.82) is 0 Å². The molecule has 1 atom stereocenters. The third-order valence-electron chi connectivity index (χ3n) is 3.63. The normalized spacial score (nSPS) is 11.7. The van der Waals surface area contributed by atoms with Gasteiger partial charge in [-0.25, -0.2) is 4.79 Å². The van der Waals surface area contributed by atoms with E-state index < -0.39 is 12.1 Å². The standard InChI is InChI=1S/C18H22N2O4/c1-11-12(2)20-17(13(3)19-11)10-23-18(21)14(4)24-16-8-6-15(22-5)7-9-16/h6-9,14H,10H2,1-5H3. The van der Waals surface area contributed by atoms with Gasteiger partial charge in [0.15, 0.2) is 6.10 Å². The largest absolute Gasteiger partial charge is 0.497 e. The number of ether oxygens (including phenoxy) is 3. The lowest BCUT2D eigenvalue weighted by molar-refractivity contribution is -0.152. The van der Waals surface area contributed by atoms with Crippen molar-refractivity contribution >= 4 is 5.97 Å². The van der Waals surface area contributed by atoms with Crippen LogP contribution in [0.3, 0.4) is 0 Å². The van der Waals surface area contributed by atoms with Crippen molar-refractivity contribution in [3.05, 3.63) is 47.0 Å². The number of hydrogen-bond donors (Lipinski definition) is 0. The molecule has 2 aromatic rings. The fraction of sp³-hybridized carbons (Fsp3) is 0.389. The number of carbonyl (C=O) groups is 1. The summed E-state index contributed by atoms with van der Waals surface area (Å²) < 4.78 is 15.9. The number of aryl methyl sites for hydroxylation is 3. The Balaban J connectivity index is 1.92. The average molecular weight is 330 g/mol. The maximum Gasteiger partial charge on any atom is 0.347 e. The van der Waals surface area contributed by atoms with E-state index in [1.807, 2.05) is 20.8 Å². The lowest BCUT2D eigenvalue weighted by Gasteiger charge is -2.15. The molecule has 24 heavy (non-hydrogen) atoms. The van der Waals surface area contributed by atoms with Gasteiger partial charge in [0.2, 0.25) is 0 Å². The maximum absolute atomic E-state index is 12.1. The number of carbonyl (C=O) groups excluding carboxylic acids is 1. The van der Waals surface area contributed by atoms with E-state index in [1.54, 1.807) is 38.3 Å². The minimum Gasteiger partial charge on any atom is -0.497 e. The van der Waals surface area contributed by atoms with Gasteiger partial charge in [0, 0.05) is 0 Å². The highest BCUT2D eigenvalue weighted by Crippen LogP contribution is 2.18. The number of hydrogen-bond acceptors (Lipinski definition) is 6. The lowest BCUT2D eigenvalue weighted by atomic mass is 10.2. The van der Waals surface area contributed by atoms with Crippen LogP contribution in [0.2, 0.25) is 0 Å². The molecule has 1 aromatic heterocycles. The molecule has 0 radical (unpaired) electrons. The predicted molar refractivity (Wildman–Crippen MR) is 89.1 cm³/mol. The zero-order valence-corrected chi connectivity index (χ0v) is 14.6. The van der Waals surface area contributed by atoms with Gasteiger partial charge in [-0.1, -0.05) is 0 Å². The Morgan fingerprint density at radius 2 is 1.58 bits per heavy atom. The van der Waals surface area contributed by atoms with E-state index in [0.29, 0.717) is 11.4 Å². The third-order valence-corrected chi connectivity index (χ3v) is 3.63. The van der Waals surface area contributed by atoms with Crippen molar-refractivity contribution < 1.29 is 19.0 Å². The van der Waals surface area contributed by atoms with Crippen LogP contribution in [0.1, 0.15) is 29.7 Å². The average Bonchev–Trinajstić information content (AvgIpc) is 2.57. The van der Waals surface area contributed by atoms with Crippen LogP contribution in [0.5, 0.6) is 11.5 Å². The van der Waals surface area contributed by atoms with E-state index in [4.69, 9.17) is 14.2 Å². The van der Waals surface area contributed by atoms with Gasteiger partial charge in [-0.15, -0.1) is 0 Å². The summed E-state index contributed by atoms with van der Waals surface area (Å²) in [7, 11) is 1.59. The zero-order chi connectivity index (χ0) is 17.7. The van der Waals surface area contributed by atoms with Crippen molar-refractivity contribution in [3.63, 3.8) is 0 Å².